The highest BCUT2D eigenvalue weighted by atomic mass is 32.2. The molecule has 0 radical (unpaired) electrons. The normalized spacial score (nSPS) is 15.4. The summed E-state index contributed by atoms with van der Waals surface area (Å²) in [7, 11) is -2.93. The molecular weight excluding hydrogens is 246 g/mol. The second kappa shape index (κ2) is 5.85. The number of sulfone groups is 1. The average Bonchev–Trinajstić information content (AvgIpc) is 2.18. The fourth-order valence-electron chi connectivity index (χ4n) is 2.06. The lowest BCUT2D eigenvalue weighted by Crippen LogP contribution is -2.34. The molecule has 0 saturated carbocycles. The lowest BCUT2D eigenvalue weighted by atomic mass is 10.0. The molecule has 0 fully saturated rings. The Bertz CT molecular complexity index is 509. The van der Waals surface area contributed by atoms with Gasteiger partial charge in [0.2, 0.25) is 0 Å². The number of hydrogen-bond donors (Lipinski definition) is 1. The van der Waals surface area contributed by atoms with Crippen LogP contribution in [0.25, 0.3) is 0 Å². The molecule has 0 aliphatic heterocycles. The van der Waals surface area contributed by atoms with Crippen molar-refractivity contribution in [2.45, 2.75) is 39.8 Å². The molecule has 18 heavy (non-hydrogen) atoms. The summed E-state index contributed by atoms with van der Waals surface area (Å²) in [5, 5.41) is 3.32. The quantitative estimate of drug-likeness (QED) is 0.892. The first kappa shape index (κ1) is 15.2. The zero-order valence-electron chi connectivity index (χ0n) is 11.8. The van der Waals surface area contributed by atoms with Gasteiger partial charge in [-0.15, -0.1) is 0 Å². The molecule has 0 amide bonds. The van der Waals surface area contributed by atoms with Crippen LogP contribution in [-0.2, 0) is 9.84 Å². The molecule has 0 aromatic heterocycles. The van der Waals surface area contributed by atoms with Crippen molar-refractivity contribution in [2.75, 3.05) is 12.0 Å². The molecule has 3 nitrogen and oxygen atoms in total. The van der Waals surface area contributed by atoms with Crippen LogP contribution < -0.4 is 5.32 Å². The topological polar surface area (TPSA) is 46.2 Å². The number of hydrogen-bond acceptors (Lipinski definition) is 3. The molecule has 102 valence electrons. The summed E-state index contributed by atoms with van der Waals surface area (Å²) in [5.74, 6) is 0.169. The molecular formula is C14H23NO2S. The number of rotatable bonds is 5. The van der Waals surface area contributed by atoms with E-state index in [1.807, 2.05) is 6.92 Å². The van der Waals surface area contributed by atoms with Crippen LogP contribution in [0.5, 0.6) is 0 Å². The van der Waals surface area contributed by atoms with Crippen molar-refractivity contribution in [3.8, 4) is 0 Å². The van der Waals surface area contributed by atoms with E-state index in [1.165, 1.54) is 22.9 Å². The van der Waals surface area contributed by atoms with Crippen molar-refractivity contribution in [1.29, 1.82) is 0 Å². The second-order valence-electron chi connectivity index (χ2n) is 5.23. The molecule has 1 N–H and O–H groups in total. The maximum Gasteiger partial charge on any atom is 0.148 e. The van der Waals surface area contributed by atoms with Crippen LogP contribution in [0.15, 0.2) is 18.2 Å². The minimum Gasteiger partial charge on any atom is -0.307 e. The largest absolute Gasteiger partial charge is 0.307 e. The van der Waals surface area contributed by atoms with Crippen molar-refractivity contribution < 1.29 is 8.42 Å². The Balaban J connectivity index is 2.70. The molecule has 0 saturated heterocycles. The zero-order chi connectivity index (χ0) is 13.9. The summed E-state index contributed by atoms with van der Waals surface area (Å²) in [6, 6.07) is 6.45. The van der Waals surface area contributed by atoms with Crippen LogP contribution in [0.1, 0.15) is 36.6 Å². The van der Waals surface area contributed by atoms with Gasteiger partial charge in [-0.05, 0) is 44.4 Å². The van der Waals surface area contributed by atoms with E-state index in [4.69, 9.17) is 0 Å². The highest BCUT2D eigenvalue weighted by Gasteiger charge is 2.14. The third kappa shape index (κ3) is 4.78. The number of aryl methyl sites for hydroxylation is 2. The van der Waals surface area contributed by atoms with Crippen LogP contribution in [0, 0.1) is 13.8 Å². The Morgan fingerprint density at radius 3 is 2.28 bits per heavy atom. The van der Waals surface area contributed by atoms with Gasteiger partial charge in [-0.3, -0.25) is 0 Å². The van der Waals surface area contributed by atoms with Crippen molar-refractivity contribution in [3.05, 3.63) is 34.9 Å². The lowest BCUT2D eigenvalue weighted by Gasteiger charge is -2.20. The third-order valence-electron chi connectivity index (χ3n) is 3.12. The first-order chi connectivity index (χ1) is 8.19. The predicted octanol–water partition coefficient (Wildman–Crippen LogP) is 2.39. The monoisotopic (exact) mass is 269 g/mol. The lowest BCUT2D eigenvalue weighted by molar-refractivity contribution is 0.500. The van der Waals surface area contributed by atoms with Crippen molar-refractivity contribution >= 4 is 9.84 Å². The van der Waals surface area contributed by atoms with Crippen LogP contribution in [0.2, 0.25) is 0 Å². The van der Waals surface area contributed by atoms with Crippen molar-refractivity contribution in [2.24, 2.45) is 0 Å². The Labute approximate surface area is 111 Å². The summed E-state index contributed by atoms with van der Waals surface area (Å²) in [4.78, 5) is 0. The fraction of sp³-hybridized carbons (Fsp3) is 0.571. The van der Waals surface area contributed by atoms with E-state index in [0.717, 1.165) is 0 Å². The van der Waals surface area contributed by atoms with E-state index in [2.05, 4.69) is 44.3 Å². The Kier molecular flexibility index (Phi) is 4.93. The van der Waals surface area contributed by atoms with Crippen LogP contribution in [0.4, 0.5) is 0 Å². The second-order valence-corrected chi connectivity index (χ2v) is 7.41. The van der Waals surface area contributed by atoms with Gasteiger partial charge in [-0.1, -0.05) is 18.2 Å². The highest BCUT2D eigenvalue weighted by molar-refractivity contribution is 7.90. The summed E-state index contributed by atoms with van der Waals surface area (Å²) in [6.45, 7) is 8.14. The molecule has 1 aromatic carbocycles. The van der Waals surface area contributed by atoms with Gasteiger partial charge in [-0.25, -0.2) is 8.42 Å². The Morgan fingerprint density at radius 2 is 1.78 bits per heavy atom. The third-order valence-corrected chi connectivity index (χ3v) is 4.22. The number of nitrogens with one attached hydrogen (secondary N) is 1. The molecule has 2 unspecified atom stereocenters. The van der Waals surface area contributed by atoms with E-state index in [0.29, 0.717) is 0 Å². The average molecular weight is 269 g/mol. The molecule has 4 heteroatoms. The van der Waals surface area contributed by atoms with Crippen molar-refractivity contribution in [1.82, 2.24) is 5.32 Å². The van der Waals surface area contributed by atoms with Crippen LogP contribution in [-0.4, -0.2) is 26.5 Å². The van der Waals surface area contributed by atoms with E-state index in [-0.39, 0.29) is 17.8 Å². The number of benzene rings is 1. The molecule has 1 aromatic rings. The minimum atomic E-state index is -2.93. The smallest absolute Gasteiger partial charge is 0.148 e. The summed E-state index contributed by atoms with van der Waals surface area (Å²) >= 11 is 0. The van der Waals surface area contributed by atoms with Gasteiger partial charge in [0.15, 0.2) is 0 Å². The molecule has 0 aliphatic carbocycles. The maximum absolute atomic E-state index is 11.2. The van der Waals surface area contributed by atoms with E-state index >= 15 is 0 Å². The van der Waals surface area contributed by atoms with Gasteiger partial charge in [-0.2, -0.15) is 0 Å². The first-order valence-electron chi connectivity index (χ1n) is 6.20. The van der Waals surface area contributed by atoms with Gasteiger partial charge in [0.1, 0.15) is 9.84 Å². The Morgan fingerprint density at radius 1 is 1.17 bits per heavy atom. The zero-order valence-corrected chi connectivity index (χ0v) is 12.6. The fourth-order valence-corrected chi connectivity index (χ4v) is 3.06. The van der Waals surface area contributed by atoms with E-state index in [9.17, 15) is 8.42 Å². The predicted molar refractivity (Wildman–Crippen MR) is 76.6 cm³/mol. The van der Waals surface area contributed by atoms with Gasteiger partial charge in [0.05, 0.1) is 5.75 Å². The molecule has 0 aliphatic rings. The molecule has 0 bridgehead atoms. The van der Waals surface area contributed by atoms with E-state index < -0.39 is 9.84 Å². The maximum atomic E-state index is 11.2. The first-order valence-corrected chi connectivity index (χ1v) is 8.26. The van der Waals surface area contributed by atoms with E-state index in [1.54, 1.807) is 0 Å². The van der Waals surface area contributed by atoms with Gasteiger partial charge >= 0.3 is 0 Å². The van der Waals surface area contributed by atoms with Crippen molar-refractivity contribution in [3.63, 3.8) is 0 Å². The SMILES string of the molecule is Cc1ccc(C(C)NC(C)CS(C)(=O)=O)cc1C. The molecule has 0 spiro atoms. The molecule has 0 heterocycles. The highest BCUT2D eigenvalue weighted by Crippen LogP contribution is 2.17. The summed E-state index contributed by atoms with van der Waals surface area (Å²) in [6.07, 6.45) is 1.27. The minimum absolute atomic E-state index is 0.0448. The summed E-state index contributed by atoms with van der Waals surface area (Å²) < 4.78 is 22.4. The standard InChI is InChI=1S/C14H23NO2S/c1-10-6-7-14(8-11(10)2)13(4)15-12(3)9-18(5,16)17/h6-8,12-13,15H,9H2,1-5H3. The van der Waals surface area contributed by atoms with Crippen LogP contribution in [0.3, 0.4) is 0 Å². The van der Waals surface area contributed by atoms with Gasteiger partial charge < -0.3 is 5.32 Å². The molecule has 2 atom stereocenters. The van der Waals surface area contributed by atoms with Gasteiger partial charge in [0.25, 0.3) is 0 Å². The summed E-state index contributed by atoms with van der Waals surface area (Å²) in [5.41, 5.74) is 3.73. The van der Waals surface area contributed by atoms with Gasteiger partial charge in [0, 0.05) is 18.3 Å². The van der Waals surface area contributed by atoms with Crippen LogP contribution >= 0.6 is 0 Å². The Hall–Kier alpha value is -0.870. The molecule has 1 rings (SSSR count).